The lowest BCUT2D eigenvalue weighted by atomic mass is 10.1. The summed E-state index contributed by atoms with van der Waals surface area (Å²) in [5, 5.41) is 3.40. The third-order valence-corrected chi connectivity index (χ3v) is 2.64. The second-order valence-electron chi connectivity index (χ2n) is 3.40. The van der Waals surface area contributed by atoms with Gasteiger partial charge in [-0.2, -0.15) is 0 Å². The first-order chi connectivity index (χ1) is 6.47. The van der Waals surface area contributed by atoms with Gasteiger partial charge >= 0.3 is 0 Å². The van der Waals surface area contributed by atoms with E-state index in [0.29, 0.717) is 0 Å². The van der Waals surface area contributed by atoms with Crippen LogP contribution in [0.3, 0.4) is 0 Å². The number of hydrogen-bond acceptors (Lipinski definition) is 2. The van der Waals surface area contributed by atoms with Gasteiger partial charge in [-0.25, -0.2) is 0 Å². The van der Waals surface area contributed by atoms with Gasteiger partial charge in [0.05, 0.1) is 0 Å². The number of rotatable bonds is 1. The van der Waals surface area contributed by atoms with Gasteiger partial charge in [0.1, 0.15) is 0 Å². The molecule has 2 aliphatic heterocycles. The molecule has 1 saturated heterocycles. The van der Waals surface area contributed by atoms with Crippen LogP contribution in [-0.2, 0) is 0 Å². The van der Waals surface area contributed by atoms with Crippen LogP contribution in [0.25, 0.3) is 0 Å². The van der Waals surface area contributed by atoms with Gasteiger partial charge in [0, 0.05) is 25.7 Å². The van der Waals surface area contributed by atoms with Crippen LogP contribution in [0.1, 0.15) is 26.7 Å². The fourth-order valence-corrected chi connectivity index (χ4v) is 1.94. The highest BCUT2D eigenvalue weighted by atomic mass is 15.2. The van der Waals surface area contributed by atoms with Gasteiger partial charge in [-0.3, -0.25) is 4.90 Å². The van der Waals surface area contributed by atoms with Crippen LogP contribution in [0, 0.1) is 0 Å². The molecule has 1 atom stereocenters. The maximum atomic E-state index is 3.40. The molecule has 1 fully saturated rings. The van der Waals surface area contributed by atoms with E-state index in [9.17, 15) is 0 Å². The quantitative estimate of drug-likeness (QED) is 0.620. The highest BCUT2D eigenvalue weighted by Gasteiger charge is 2.21. The number of hydrogen-bond donors (Lipinski definition) is 1. The Kier molecular flexibility index (Phi) is 5.09. The predicted molar refractivity (Wildman–Crippen MR) is 58.0 cm³/mol. The SMILES string of the molecule is C1=CCN(C2CCNC2)CC1.CC. The smallest absolute Gasteiger partial charge is 0.0236 e. The fourth-order valence-electron chi connectivity index (χ4n) is 1.94. The molecular formula is C11H22N2. The Morgan fingerprint density at radius 3 is 2.69 bits per heavy atom. The van der Waals surface area contributed by atoms with Crippen molar-refractivity contribution in [2.45, 2.75) is 32.7 Å². The minimum absolute atomic E-state index is 0.819. The average Bonchev–Trinajstić information content (AvgIpc) is 2.75. The predicted octanol–water partition coefficient (Wildman–Crippen LogP) is 1.64. The van der Waals surface area contributed by atoms with Crippen LogP contribution in [0.4, 0.5) is 0 Å². The molecular weight excluding hydrogens is 160 g/mol. The van der Waals surface area contributed by atoms with E-state index in [4.69, 9.17) is 0 Å². The molecule has 0 aromatic carbocycles. The highest BCUT2D eigenvalue weighted by molar-refractivity contribution is 4.94. The van der Waals surface area contributed by atoms with E-state index in [0.717, 1.165) is 6.04 Å². The first kappa shape index (κ1) is 10.7. The third kappa shape index (κ3) is 3.12. The van der Waals surface area contributed by atoms with Gasteiger partial charge in [-0.15, -0.1) is 0 Å². The molecule has 0 amide bonds. The van der Waals surface area contributed by atoms with E-state index in [2.05, 4.69) is 22.4 Å². The van der Waals surface area contributed by atoms with E-state index in [1.54, 1.807) is 0 Å². The highest BCUT2D eigenvalue weighted by Crippen LogP contribution is 2.11. The zero-order chi connectivity index (χ0) is 9.52. The summed E-state index contributed by atoms with van der Waals surface area (Å²) in [4.78, 5) is 2.58. The van der Waals surface area contributed by atoms with Gasteiger partial charge in [0.25, 0.3) is 0 Å². The Hall–Kier alpha value is -0.340. The van der Waals surface area contributed by atoms with Gasteiger partial charge in [0.2, 0.25) is 0 Å². The Bertz CT molecular complexity index is 148. The van der Waals surface area contributed by atoms with Gasteiger partial charge < -0.3 is 5.32 Å². The van der Waals surface area contributed by atoms with Crippen molar-refractivity contribution in [3.63, 3.8) is 0 Å². The molecule has 13 heavy (non-hydrogen) atoms. The first-order valence-electron chi connectivity index (χ1n) is 5.56. The Morgan fingerprint density at radius 2 is 2.15 bits per heavy atom. The lowest BCUT2D eigenvalue weighted by molar-refractivity contribution is 0.227. The number of nitrogens with zero attached hydrogens (tertiary/aromatic N) is 1. The van der Waals surface area contributed by atoms with Gasteiger partial charge in [-0.05, 0) is 19.4 Å². The largest absolute Gasteiger partial charge is 0.315 e. The van der Waals surface area contributed by atoms with E-state index in [1.807, 2.05) is 13.8 Å². The van der Waals surface area contributed by atoms with E-state index in [1.165, 1.54) is 39.0 Å². The molecule has 0 bridgehead atoms. The van der Waals surface area contributed by atoms with Crippen molar-refractivity contribution in [3.8, 4) is 0 Å². The minimum atomic E-state index is 0.819. The summed E-state index contributed by atoms with van der Waals surface area (Å²) in [6.45, 7) is 8.86. The summed E-state index contributed by atoms with van der Waals surface area (Å²) in [5.41, 5.74) is 0. The summed E-state index contributed by atoms with van der Waals surface area (Å²) < 4.78 is 0. The molecule has 2 aliphatic rings. The summed E-state index contributed by atoms with van der Waals surface area (Å²) in [6.07, 6.45) is 7.17. The van der Waals surface area contributed by atoms with Crippen molar-refractivity contribution < 1.29 is 0 Å². The summed E-state index contributed by atoms with van der Waals surface area (Å²) in [5.74, 6) is 0. The average molecular weight is 182 g/mol. The van der Waals surface area contributed by atoms with Crippen molar-refractivity contribution >= 4 is 0 Å². The molecule has 0 aromatic heterocycles. The minimum Gasteiger partial charge on any atom is -0.315 e. The van der Waals surface area contributed by atoms with E-state index >= 15 is 0 Å². The van der Waals surface area contributed by atoms with Crippen molar-refractivity contribution in [1.29, 1.82) is 0 Å². The molecule has 0 radical (unpaired) electrons. The van der Waals surface area contributed by atoms with Crippen LogP contribution in [0.15, 0.2) is 12.2 Å². The fraction of sp³-hybridized carbons (Fsp3) is 0.818. The maximum absolute atomic E-state index is 3.40. The molecule has 2 rings (SSSR count). The van der Waals surface area contributed by atoms with Crippen LogP contribution in [0.5, 0.6) is 0 Å². The summed E-state index contributed by atoms with van der Waals surface area (Å²) in [6, 6.07) is 0.819. The monoisotopic (exact) mass is 182 g/mol. The lowest BCUT2D eigenvalue weighted by Gasteiger charge is -2.28. The molecule has 0 aromatic rings. The van der Waals surface area contributed by atoms with Crippen LogP contribution in [0.2, 0.25) is 0 Å². The zero-order valence-corrected chi connectivity index (χ0v) is 8.92. The third-order valence-electron chi connectivity index (χ3n) is 2.64. The van der Waals surface area contributed by atoms with E-state index < -0.39 is 0 Å². The molecule has 1 N–H and O–H groups in total. The van der Waals surface area contributed by atoms with Crippen LogP contribution >= 0.6 is 0 Å². The van der Waals surface area contributed by atoms with Crippen molar-refractivity contribution in [3.05, 3.63) is 12.2 Å². The Labute approximate surface area is 82.0 Å². The summed E-state index contributed by atoms with van der Waals surface area (Å²) in [7, 11) is 0. The molecule has 1 unspecified atom stereocenters. The lowest BCUT2D eigenvalue weighted by Crippen LogP contribution is -2.38. The molecule has 0 spiro atoms. The van der Waals surface area contributed by atoms with Gasteiger partial charge in [0.15, 0.2) is 0 Å². The van der Waals surface area contributed by atoms with Crippen molar-refractivity contribution in [2.24, 2.45) is 0 Å². The maximum Gasteiger partial charge on any atom is 0.0236 e. The molecule has 76 valence electrons. The van der Waals surface area contributed by atoms with Crippen molar-refractivity contribution in [2.75, 3.05) is 26.2 Å². The topological polar surface area (TPSA) is 15.3 Å². The molecule has 0 saturated carbocycles. The standard InChI is InChI=1S/C9H16N2.C2H6/c1-2-6-11(7-3-1)9-4-5-10-8-9;1-2/h1-2,9-10H,3-8H2;1-2H3. The summed E-state index contributed by atoms with van der Waals surface area (Å²) >= 11 is 0. The second-order valence-corrected chi connectivity index (χ2v) is 3.40. The van der Waals surface area contributed by atoms with Crippen LogP contribution in [-0.4, -0.2) is 37.1 Å². The van der Waals surface area contributed by atoms with Gasteiger partial charge in [-0.1, -0.05) is 26.0 Å². The molecule has 2 heteroatoms. The zero-order valence-electron chi connectivity index (χ0n) is 8.92. The van der Waals surface area contributed by atoms with E-state index in [-0.39, 0.29) is 0 Å². The Morgan fingerprint density at radius 1 is 1.31 bits per heavy atom. The Balaban J connectivity index is 0.000000396. The number of nitrogens with one attached hydrogen (secondary N) is 1. The second kappa shape index (κ2) is 6.17. The molecule has 2 nitrogen and oxygen atoms in total. The first-order valence-corrected chi connectivity index (χ1v) is 5.56. The molecule has 0 aliphatic carbocycles. The molecule has 2 heterocycles. The van der Waals surface area contributed by atoms with Crippen LogP contribution < -0.4 is 5.32 Å². The van der Waals surface area contributed by atoms with Crippen molar-refractivity contribution in [1.82, 2.24) is 10.2 Å². The normalized spacial score (nSPS) is 28.3.